The molecule has 5 nitrogen and oxygen atoms in total. The van der Waals surface area contributed by atoms with E-state index < -0.39 is 0 Å². The molecule has 0 spiro atoms. The standard InChI is InChI=1S/C15H26N4O/c1-3-8-20-14-9-11(2)18-15(19-14)17-10-12-6-4-5-7-13(12)16/h9,12-13H,3-8,10,16H2,1-2H3,(H,17,18,19). The lowest BCUT2D eigenvalue weighted by molar-refractivity contribution is 0.304. The van der Waals surface area contributed by atoms with Crippen molar-refractivity contribution in [1.29, 1.82) is 0 Å². The number of hydrogen-bond donors (Lipinski definition) is 2. The molecule has 3 N–H and O–H groups in total. The second-order valence-electron chi connectivity index (χ2n) is 5.61. The monoisotopic (exact) mass is 278 g/mol. The van der Waals surface area contributed by atoms with Gasteiger partial charge in [-0.15, -0.1) is 0 Å². The molecule has 1 saturated carbocycles. The van der Waals surface area contributed by atoms with E-state index in [9.17, 15) is 0 Å². The Bertz CT molecular complexity index is 424. The molecule has 1 aromatic heterocycles. The Labute approximate surface area is 121 Å². The maximum atomic E-state index is 6.16. The van der Waals surface area contributed by atoms with Gasteiger partial charge in [-0.25, -0.2) is 4.98 Å². The Balaban J connectivity index is 1.92. The summed E-state index contributed by atoms with van der Waals surface area (Å²) in [5.41, 5.74) is 7.08. The van der Waals surface area contributed by atoms with Crippen molar-refractivity contribution in [1.82, 2.24) is 9.97 Å². The Morgan fingerprint density at radius 3 is 2.90 bits per heavy atom. The van der Waals surface area contributed by atoms with Gasteiger partial charge in [0.25, 0.3) is 0 Å². The maximum absolute atomic E-state index is 6.16. The van der Waals surface area contributed by atoms with Crippen LogP contribution in [0.15, 0.2) is 6.07 Å². The van der Waals surface area contributed by atoms with Crippen LogP contribution in [0.1, 0.15) is 44.7 Å². The highest BCUT2D eigenvalue weighted by molar-refractivity contribution is 5.30. The van der Waals surface area contributed by atoms with Crippen LogP contribution in [0.4, 0.5) is 5.95 Å². The molecule has 1 aliphatic rings. The fourth-order valence-corrected chi connectivity index (χ4v) is 2.61. The number of hydrogen-bond acceptors (Lipinski definition) is 5. The molecule has 0 radical (unpaired) electrons. The van der Waals surface area contributed by atoms with Crippen LogP contribution in [-0.2, 0) is 0 Å². The number of rotatable bonds is 6. The summed E-state index contributed by atoms with van der Waals surface area (Å²) >= 11 is 0. The summed E-state index contributed by atoms with van der Waals surface area (Å²) in [5.74, 6) is 1.82. The van der Waals surface area contributed by atoms with E-state index in [1.54, 1.807) is 0 Å². The Morgan fingerprint density at radius 2 is 2.15 bits per heavy atom. The first-order chi connectivity index (χ1) is 9.69. The summed E-state index contributed by atoms with van der Waals surface area (Å²) in [4.78, 5) is 8.80. The van der Waals surface area contributed by atoms with Crippen LogP contribution in [-0.4, -0.2) is 29.2 Å². The molecule has 5 heteroatoms. The number of aryl methyl sites for hydroxylation is 1. The molecule has 1 aromatic rings. The molecule has 0 bridgehead atoms. The average Bonchev–Trinajstić information content (AvgIpc) is 2.44. The van der Waals surface area contributed by atoms with Crippen LogP contribution in [0.25, 0.3) is 0 Å². The third-order valence-corrected chi connectivity index (χ3v) is 3.78. The zero-order valence-electron chi connectivity index (χ0n) is 12.6. The molecule has 2 rings (SSSR count). The first-order valence-electron chi connectivity index (χ1n) is 7.67. The van der Waals surface area contributed by atoms with Crippen molar-refractivity contribution in [3.63, 3.8) is 0 Å². The van der Waals surface area contributed by atoms with E-state index in [-0.39, 0.29) is 0 Å². The van der Waals surface area contributed by atoms with E-state index in [0.717, 1.165) is 25.1 Å². The Morgan fingerprint density at radius 1 is 1.35 bits per heavy atom. The first-order valence-corrected chi connectivity index (χ1v) is 7.67. The smallest absolute Gasteiger partial charge is 0.226 e. The molecule has 1 fully saturated rings. The highest BCUT2D eigenvalue weighted by atomic mass is 16.5. The van der Waals surface area contributed by atoms with Crippen molar-refractivity contribution < 1.29 is 4.74 Å². The number of ether oxygens (including phenoxy) is 1. The van der Waals surface area contributed by atoms with Crippen LogP contribution < -0.4 is 15.8 Å². The second-order valence-corrected chi connectivity index (χ2v) is 5.61. The zero-order valence-corrected chi connectivity index (χ0v) is 12.6. The van der Waals surface area contributed by atoms with E-state index in [2.05, 4.69) is 22.2 Å². The van der Waals surface area contributed by atoms with E-state index in [4.69, 9.17) is 10.5 Å². The highest BCUT2D eigenvalue weighted by Gasteiger charge is 2.21. The second kappa shape index (κ2) is 7.43. The summed E-state index contributed by atoms with van der Waals surface area (Å²) in [6.45, 7) is 5.57. The van der Waals surface area contributed by atoms with Crippen LogP contribution in [0.2, 0.25) is 0 Å². The molecule has 0 aromatic carbocycles. The maximum Gasteiger partial charge on any atom is 0.226 e. The SMILES string of the molecule is CCCOc1cc(C)nc(NCC2CCCCC2N)n1. The van der Waals surface area contributed by atoms with Crippen LogP contribution in [0.3, 0.4) is 0 Å². The fourth-order valence-electron chi connectivity index (χ4n) is 2.61. The van der Waals surface area contributed by atoms with Gasteiger partial charge in [0.05, 0.1) is 6.61 Å². The van der Waals surface area contributed by atoms with Gasteiger partial charge in [0.1, 0.15) is 0 Å². The van der Waals surface area contributed by atoms with Crippen molar-refractivity contribution >= 4 is 5.95 Å². The topological polar surface area (TPSA) is 73.1 Å². The molecule has 2 unspecified atom stereocenters. The predicted octanol–water partition coefficient (Wildman–Crippen LogP) is 2.50. The van der Waals surface area contributed by atoms with Gasteiger partial charge < -0.3 is 15.8 Å². The first kappa shape index (κ1) is 15.0. The van der Waals surface area contributed by atoms with Gasteiger partial charge in [-0.1, -0.05) is 19.8 Å². The quantitative estimate of drug-likeness (QED) is 0.836. The Hall–Kier alpha value is -1.36. The summed E-state index contributed by atoms with van der Waals surface area (Å²) in [5, 5.41) is 3.32. The van der Waals surface area contributed by atoms with Crippen LogP contribution in [0, 0.1) is 12.8 Å². The molecule has 112 valence electrons. The summed E-state index contributed by atoms with van der Waals surface area (Å²) in [6, 6.07) is 2.17. The molecular formula is C15H26N4O. The van der Waals surface area contributed by atoms with Gasteiger partial charge in [-0.2, -0.15) is 4.98 Å². The van der Waals surface area contributed by atoms with Gasteiger partial charge in [-0.3, -0.25) is 0 Å². The Kier molecular flexibility index (Phi) is 5.59. The van der Waals surface area contributed by atoms with Gasteiger partial charge in [-0.05, 0) is 32.1 Å². The molecular weight excluding hydrogens is 252 g/mol. The molecule has 2 atom stereocenters. The lowest BCUT2D eigenvalue weighted by Gasteiger charge is -2.28. The normalized spacial score (nSPS) is 22.6. The van der Waals surface area contributed by atoms with Crippen molar-refractivity contribution in [2.75, 3.05) is 18.5 Å². The molecule has 20 heavy (non-hydrogen) atoms. The number of nitrogens with zero attached hydrogens (tertiary/aromatic N) is 2. The van der Waals surface area contributed by atoms with Crippen molar-refractivity contribution in [2.24, 2.45) is 11.7 Å². The van der Waals surface area contributed by atoms with E-state index >= 15 is 0 Å². The van der Waals surface area contributed by atoms with Crippen molar-refractivity contribution in [3.8, 4) is 5.88 Å². The molecule has 1 heterocycles. The minimum atomic E-state index is 0.303. The fraction of sp³-hybridized carbons (Fsp3) is 0.733. The average molecular weight is 278 g/mol. The van der Waals surface area contributed by atoms with E-state index in [1.165, 1.54) is 19.3 Å². The lowest BCUT2D eigenvalue weighted by atomic mass is 9.85. The van der Waals surface area contributed by atoms with Crippen LogP contribution in [0.5, 0.6) is 5.88 Å². The lowest BCUT2D eigenvalue weighted by Crippen LogP contribution is -2.37. The van der Waals surface area contributed by atoms with E-state index in [0.29, 0.717) is 30.4 Å². The summed E-state index contributed by atoms with van der Waals surface area (Å²) < 4.78 is 5.57. The molecule has 0 saturated heterocycles. The molecule has 1 aliphatic carbocycles. The number of nitrogens with two attached hydrogens (primary N) is 1. The number of nitrogens with one attached hydrogen (secondary N) is 1. The molecule has 0 aliphatic heterocycles. The van der Waals surface area contributed by atoms with Gasteiger partial charge in [0.15, 0.2) is 0 Å². The molecule has 0 amide bonds. The van der Waals surface area contributed by atoms with Gasteiger partial charge >= 0.3 is 0 Å². The highest BCUT2D eigenvalue weighted by Crippen LogP contribution is 2.23. The predicted molar refractivity (Wildman–Crippen MR) is 81.0 cm³/mol. The summed E-state index contributed by atoms with van der Waals surface area (Å²) in [7, 11) is 0. The summed E-state index contributed by atoms with van der Waals surface area (Å²) in [6.07, 6.45) is 5.83. The zero-order chi connectivity index (χ0) is 14.4. The van der Waals surface area contributed by atoms with Gasteiger partial charge in [0, 0.05) is 24.3 Å². The minimum Gasteiger partial charge on any atom is -0.478 e. The minimum absolute atomic E-state index is 0.303. The number of aromatic nitrogens is 2. The van der Waals surface area contributed by atoms with Crippen molar-refractivity contribution in [3.05, 3.63) is 11.8 Å². The van der Waals surface area contributed by atoms with Crippen LogP contribution >= 0.6 is 0 Å². The van der Waals surface area contributed by atoms with Crippen molar-refractivity contribution in [2.45, 2.75) is 52.0 Å². The largest absolute Gasteiger partial charge is 0.478 e. The third kappa shape index (κ3) is 4.34. The third-order valence-electron chi connectivity index (χ3n) is 3.78. The number of anilines is 1. The van der Waals surface area contributed by atoms with E-state index in [1.807, 2.05) is 13.0 Å². The van der Waals surface area contributed by atoms with Gasteiger partial charge in [0.2, 0.25) is 11.8 Å².